The number of hydrogen-bond donors (Lipinski definition) is 0. The summed E-state index contributed by atoms with van der Waals surface area (Å²) in [6.07, 6.45) is 0. The van der Waals surface area contributed by atoms with Crippen molar-refractivity contribution in [3.63, 3.8) is 0 Å². The van der Waals surface area contributed by atoms with Crippen LogP contribution in [0.15, 0.2) is 204 Å². The van der Waals surface area contributed by atoms with Crippen LogP contribution in [0.2, 0.25) is 0 Å². The molecule has 0 fully saturated rings. The second kappa shape index (κ2) is 12.9. The summed E-state index contributed by atoms with van der Waals surface area (Å²) in [6.45, 7) is 0. The molecule has 12 rings (SSSR count). The van der Waals surface area contributed by atoms with Crippen molar-refractivity contribution in [1.82, 2.24) is 14.5 Å². The summed E-state index contributed by atoms with van der Waals surface area (Å²) in [5, 5.41) is -1.06. The molecule has 0 aliphatic heterocycles. The molecule has 12 aromatic rings. The molecule has 0 radical (unpaired) electrons. The third kappa shape index (κ3) is 5.09. The Hall–Kier alpha value is -7.82. The molecule has 0 spiro atoms. The highest BCUT2D eigenvalue weighted by Crippen LogP contribution is 2.42. The number of aromatic nitrogens is 3. The number of fused-ring (bicyclic) bond motifs is 9. The van der Waals surface area contributed by atoms with Crippen LogP contribution in [-0.4, -0.2) is 14.5 Å². The van der Waals surface area contributed by atoms with E-state index in [0.717, 1.165) is 21.3 Å². The lowest BCUT2D eigenvalue weighted by molar-refractivity contribution is 0.669. The highest BCUT2D eigenvalue weighted by molar-refractivity contribution is 6.21. The van der Waals surface area contributed by atoms with Crippen LogP contribution in [0.1, 0.15) is 23.3 Å². The van der Waals surface area contributed by atoms with Crippen LogP contribution in [0, 0.1) is 0 Å². The van der Waals surface area contributed by atoms with Crippen LogP contribution in [0.3, 0.4) is 0 Å². The normalized spacial score (nSPS) is 15.9. The largest absolute Gasteiger partial charge is 0.456 e. The quantitative estimate of drug-likeness (QED) is 0.176. The van der Waals surface area contributed by atoms with Gasteiger partial charge in [-0.15, -0.1) is 0 Å². The topological polar surface area (TPSA) is 43.9 Å². The molecule has 0 amide bonds. The van der Waals surface area contributed by atoms with Gasteiger partial charge < -0.3 is 8.98 Å². The molecule has 0 N–H and O–H groups in total. The van der Waals surface area contributed by atoms with E-state index in [1.165, 1.54) is 0 Å². The van der Waals surface area contributed by atoms with Crippen molar-refractivity contribution in [2.75, 3.05) is 0 Å². The van der Waals surface area contributed by atoms with Crippen LogP contribution in [0.4, 0.5) is 0 Å². The molecule has 9 aromatic carbocycles. The molecule has 0 saturated carbocycles. The molecular weight excluding hydrogens is 707 g/mol. The Morgan fingerprint density at radius 1 is 0.448 bits per heavy atom. The predicted molar refractivity (Wildman–Crippen MR) is 240 cm³/mol. The lowest BCUT2D eigenvalue weighted by Gasteiger charge is -2.13. The Morgan fingerprint density at radius 2 is 1.16 bits per heavy atom. The molecule has 0 atom stereocenters. The summed E-state index contributed by atoms with van der Waals surface area (Å²) in [4.78, 5) is 10.2. The van der Waals surface area contributed by atoms with Gasteiger partial charge >= 0.3 is 0 Å². The zero-order chi connectivity index (χ0) is 53.0. The number of nitrogens with zero attached hydrogens (tertiary/aromatic N) is 3. The molecule has 4 heteroatoms. The molecule has 58 heavy (non-hydrogen) atoms. The Bertz CT molecular complexity index is 4540. The van der Waals surface area contributed by atoms with Gasteiger partial charge in [-0.05, 0) is 93.5 Å². The Kier molecular flexibility index (Phi) is 4.41. The second-order valence-electron chi connectivity index (χ2n) is 13.6. The molecule has 0 aliphatic rings. The standard InChI is InChI=1S/C54H33N3O/c1-2-12-34(13-3-1)37-15-10-16-39(32-37)53-54(56-46-21-8-7-20-45(46)55-53)44-19-11-23-49-52(44)43-30-26-38(33-50(43)58-49)35-24-28-40(29-25-35)57-47-22-9-6-18-42(47)51-41-17-5-4-14-36(41)27-31-48(51)57/h1-33H/i4D,5D,6D,9D,14D,17D,18D,22D,24D,25D,26D,27D,28D,29D,30D,31D,33D. The highest BCUT2D eigenvalue weighted by atomic mass is 16.3. The zero-order valence-electron chi connectivity index (χ0n) is 47.0. The van der Waals surface area contributed by atoms with Crippen molar-refractivity contribution in [2.45, 2.75) is 0 Å². The van der Waals surface area contributed by atoms with E-state index in [4.69, 9.17) is 26.7 Å². The molecule has 0 bridgehead atoms. The minimum Gasteiger partial charge on any atom is -0.456 e. The fourth-order valence-electron chi connectivity index (χ4n) is 7.65. The first-order valence-electron chi connectivity index (χ1n) is 26.8. The predicted octanol–water partition coefficient (Wildman–Crippen LogP) is 14.4. The third-order valence-corrected chi connectivity index (χ3v) is 10.3. The van der Waals surface area contributed by atoms with Gasteiger partial charge in [-0.25, -0.2) is 9.97 Å². The smallest absolute Gasteiger partial charge is 0.136 e. The summed E-state index contributed by atoms with van der Waals surface area (Å²) >= 11 is 0. The molecule has 0 saturated heterocycles. The van der Waals surface area contributed by atoms with Gasteiger partial charge in [-0.1, -0.05) is 139 Å². The second-order valence-corrected chi connectivity index (χ2v) is 13.6. The van der Waals surface area contributed by atoms with Crippen molar-refractivity contribution in [3.8, 4) is 50.5 Å². The molecule has 4 nitrogen and oxygen atoms in total. The van der Waals surface area contributed by atoms with E-state index in [1.807, 2.05) is 78.9 Å². The SMILES string of the molecule is [2H]c1c([2H])c(-n2c3c([2H])c([2H])c([2H])c([2H])c3c3c4c([2H])c([2H])c([2H])c([2H])c4c([2H])c([2H])c32)c([2H])c([2H])c1-c1c([2H])c([2H])c2c(oc3cccc(-c4nc5ccccc5nc4-c4cccc(-c5ccccc5)c4)c32)c1[2H]. The van der Waals surface area contributed by atoms with Crippen molar-refractivity contribution in [3.05, 3.63) is 200 Å². The van der Waals surface area contributed by atoms with Crippen LogP contribution in [-0.2, 0) is 0 Å². The van der Waals surface area contributed by atoms with E-state index < -0.39 is 136 Å². The Balaban J connectivity index is 1.12. The van der Waals surface area contributed by atoms with Gasteiger partial charge in [0, 0.05) is 38.4 Å². The first-order chi connectivity index (χ1) is 35.8. The van der Waals surface area contributed by atoms with Crippen molar-refractivity contribution in [1.29, 1.82) is 0 Å². The fourth-order valence-corrected chi connectivity index (χ4v) is 7.65. The molecular formula is C54H33N3O. The van der Waals surface area contributed by atoms with Gasteiger partial charge in [0.2, 0.25) is 0 Å². The maximum atomic E-state index is 9.64. The van der Waals surface area contributed by atoms with Crippen molar-refractivity contribution < 1.29 is 27.7 Å². The number of hydrogen-bond acceptors (Lipinski definition) is 3. The summed E-state index contributed by atoms with van der Waals surface area (Å²) in [7, 11) is 0. The maximum absolute atomic E-state index is 9.64. The van der Waals surface area contributed by atoms with Gasteiger partial charge in [-0.3, -0.25) is 0 Å². The fraction of sp³-hybridized carbons (Fsp3) is 0. The van der Waals surface area contributed by atoms with Crippen LogP contribution < -0.4 is 0 Å². The third-order valence-electron chi connectivity index (χ3n) is 10.3. The van der Waals surface area contributed by atoms with E-state index in [2.05, 4.69) is 0 Å². The molecule has 3 aromatic heterocycles. The van der Waals surface area contributed by atoms with Crippen LogP contribution >= 0.6 is 0 Å². The molecule has 3 heterocycles. The minimum absolute atomic E-state index is 0.0453. The first-order valence-corrected chi connectivity index (χ1v) is 18.3. The van der Waals surface area contributed by atoms with E-state index in [9.17, 15) is 11.0 Å². The average molecular weight is 757 g/mol. The van der Waals surface area contributed by atoms with E-state index in [0.29, 0.717) is 33.4 Å². The number of benzene rings is 9. The van der Waals surface area contributed by atoms with Gasteiger partial charge in [0.05, 0.1) is 56.8 Å². The molecule has 270 valence electrons. The summed E-state index contributed by atoms with van der Waals surface area (Å²) in [5.41, 5.74) is 2.61. The van der Waals surface area contributed by atoms with Gasteiger partial charge in [0.25, 0.3) is 0 Å². The van der Waals surface area contributed by atoms with E-state index >= 15 is 0 Å². The lowest BCUT2D eigenvalue weighted by Crippen LogP contribution is -1.96. The van der Waals surface area contributed by atoms with Crippen LogP contribution in [0.25, 0.3) is 116 Å². The van der Waals surface area contributed by atoms with Gasteiger partial charge in [0.1, 0.15) is 11.2 Å². The molecule has 0 aliphatic carbocycles. The molecule has 0 unspecified atom stereocenters. The summed E-state index contributed by atoms with van der Waals surface area (Å²) < 4.78 is 162. The number of furan rings is 1. The number of para-hydroxylation sites is 3. The van der Waals surface area contributed by atoms with E-state index in [1.54, 1.807) is 18.2 Å². The van der Waals surface area contributed by atoms with Gasteiger partial charge in [-0.2, -0.15) is 0 Å². The minimum atomic E-state index is -0.866. The van der Waals surface area contributed by atoms with Crippen molar-refractivity contribution >= 4 is 65.6 Å². The monoisotopic (exact) mass is 756 g/mol. The first kappa shape index (κ1) is 19.9. The lowest BCUT2D eigenvalue weighted by atomic mass is 9.96. The number of rotatable bonds is 5. The van der Waals surface area contributed by atoms with E-state index in [-0.39, 0.29) is 32.7 Å². The maximum Gasteiger partial charge on any atom is 0.136 e. The average Bonchev–Trinajstić information content (AvgIpc) is 4.12. The Morgan fingerprint density at radius 3 is 2.02 bits per heavy atom. The van der Waals surface area contributed by atoms with Crippen LogP contribution in [0.5, 0.6) is 0 Å². The summed E-state index contributed by atoms with van der Waals surface area (Å²) in [6, 6.07) is 17.8. The van der Waals surface area contributed by atoms with Crippen molar-refractivity contribution in [2.24, 2.45) is 0 Å². The highest BCUT2D eigenvalue weighted by Gasteiger charge is 2.20. The van der Waals surface area contributed by atoms with Gasteiger partial charge in [0.15, 0.2) is 0 Å². The Labute approximate surface area is 357 Å². The summed E-state index contributed by atoms with van der Waals surface area (Å²) in [5.74, 6) is 0. The zero-order valence-corrected chi connectivity index (χ0v) is 30.0.